The highest BCUT2D eigenvalue weighted by Crippen LogP contribution is 2.27. The molecule has 0 saturated carbocycles. The van der Waals surface area contributed by atoms with Gasteiger partial charge in [0.05, 0.1) is 0 Å². The number of hydrogen-bond donors (Lipinski definition) is 0. The number of benzene rings is 1. The maximum Gasteiger partial charge on any atom is 0.245 e. The van der Waals surface area contributed by atoms with Crippen LogP contribution >= 0.6 is 0 Å². The minimum Gasteiger partial charge on any atom is -0.490 e. The molecule has 0 spiro atoms. The molecule has 2 fully saturated rings. The second kappa shape index (κ2) is 7.46. The first kappa shape index (κ1) is 17.8. The molecule has 0 aliphatic carbocycles. The Balaban J connectivity index is 1.57. The number of likely N-dealkylation sites (tertiary alicyclic amines) is 2. The highest BCUT2D eigenvalue weighted by atomic mass is 16.5. The number of rotatable bonds is 3. The molecule has 0 unspecified atom stereocenters. The Bertz CT molecular complexity index is 630. The van der Waals surface area contributed by atoms with Crippen LogP contribution in [-0.2, 0) is 9.59 Å². The molecule has 1 aromatic carbocycles. The molecule has 2 heterocycles. The quantitative estimate of drug-likeness (QED) is 0.847. The Labute approximate surface area is 149 Å². The lowest BCUT2D eigenvalue weighted by atomic mass is 10.0. The zero-order valence-corrected chi connectivity index (χ0v) is 15.5. The molecule has 2 aliphatic heterocycles. The van der Waals surface area contributed by atoms with Crippen molar-refractivity contribution < 1.29 is 14.3 Å². The zero-order valence-electron chi connectivity index (χ0n) is 15.5. The summed E-state index contributed by atoms with van der Waals surface area (Å²) in [5.74, 6) is 1.09. The van der Waals surface area contributed by atoms with E-state index in [-0.39, 0.29) is 24.0 Å². The number of hydrogen-bond acceptors (Lipinski definition) is 3. The van der Waals surface area contributed by atoms with Crippen LogP contribution in [0.5, 0.6) is 5.75 Å². The van der Waals surface area contributed by atoms with Crippen molar-refractivity contribution in [2.75, 3.05) is 19.6 Å². The van der Waals surface area contributed by atoms with E-state index in [2.05, 4.69) is 26.0 Å². The molecule has 136 valence electrons. The van der Waals surface area contributed by atoms with Crippen molar-refractivity contribution in [1.29, 1.82) is 0 Å². The highest BCUT2D eigenvalue weighted by Gasteiger charge is 2.36. The summed E-state index contributed by atoms with van der Waals surface area (Å²) in [7, 11) is 0. The Hall–Kier alpha value is -2.04. The molecule has 0 aromatic heterocycles. The van der Waals surface area contributed by atoms with Gasteiger partial charge in [0.25, 0.3) is 0 Å². The molecule has 2 aliphatic rings. The second-order valence-electron chi connectivity index (χ2n) is 7.23. The van der Waals surface area contributed by atoms with Gasteiger partial charge in [0.1, 0.15) is 17.9 Å². The topological polar surface area (TPSA) is 49.9 Å². The van der Waals surface area contributed by atoms with Gasteiger partial charge in [-0.15, -0.1) is 0 Å². The fraction of sp³-hybridized carbons (Fsp3) is 0.600. The fourth-order valence-electron chi connectivity index (χ4n) is 3.96. The first-order valence-electron chi connectivity index (χ1n) is 9.26. The molecule has 2 saturated heterocycles. The molecular weight excluding hydrogens is 316 g/mol. The highest BCUT2D eigenvalue weighted by molar-refractivity contribution is 5.87. The minimum absolute atomic E-state index is 0.00379. The summed E-state index contributed by atoms with van der Waals surface area (Å²) in [6.45, 7) is 7.80. The van der Waals surface area contributed by atoms with Gasteiger partial charge in [-0.3, -0.25) is 9.59 Å². The van der Waals surface area contributed by atoms with Crippen molar-refractivity contribution in [3.63, 3.8) is 0 Å². The van der Waals surface area contributed by atoms with Crippen LogP contribution in [0.1, 0.15) is 43.7 Å². The van der Waals surface area contributed by atoms with Gasteiger partial charge in [0.2, 0.25) is 11.8 Å². The number of carbonyl (C=O) groups is 2. The van der Waals surface area contributed by atoms with Gasteiger partial charge in [-0.25, -0.2) is 0 Å². The normalized spacial score (nSPS) is 21.5. The second-order valence-corrected chi connectivity index (χ2v) is 7.23. The molecule has 0 radical (unpaired) electrons. The minimum atomic E-state index is -0.256. The molecule has 1 atom stereocenters. The monoisotopic (exact) mass is 344 g/mol. The fourth-order valence-corrected chi connectivity index (χ4v) is 3.96. The van der Waals surface area contributed by atoms with E-state index in [1.807, 2.05) is 11.0 Å². The first-order valence-corrected chi connectivity index (χ1v) is 9.26. The molecular formula is C20H28N2O3. The number of nitrogens with zero attached hydrogens (tertiary/aromatic N) is 2. The van der Waals surface area contributed by atoms with E-state index in [0.717, 1.165) is 42.6 Å². The predicted molar refractivity (Wildman–Crippen MR) is 96.6 cm³/mol. The molecule has 3 rings (SSSR count). The van der Waals surface area contributed by atoms with Crippen LogP contribution in [0.25, 0.3) is 0 Å². The van der Waals surface area contributed by atoms with Gasteiger partial charge in [-0.2, -0.15) is 0 Å². The standard InChI is InChI=1S/C20H28N2O3/c1-14-6-4-7-15(2)19(14)25-17-9-12-21(13-10-17)20(24)18-8-5-11-22(18)16(3)23/h4,6-7,17-18H,5,8-13H2,1-3H3/t18-/m1/s1. The van der Waals surface area contributed by atoms with E-state index in [1.54, 1.807) is 11.8 Å². The Morgan fingerprint density at radius 3 is 2.28 bits per heavy atom. The smallest absolute Gasteiger partial charge is 0.245 e. The van der Waals surface area contributed by atoms with Crippen LogP contribution < -0.4 is 4.74 Å². The van der Waals surface area contributed by atoms with Gasteiger partial charge in [-0.1, -0.05) is 18.2 Å². The third-order valence-corrected chi connectivity index (χ3v) is 5.39. The van der Waals surface area contributed by atoms with Crippen molar-refractivity contribution >= 4 is 11.8 Å². The van der Waals surface area contributed by atoms with Gasteiger partial charge in [0.15, 0.2) is 0 Å². The van der Waals surface area contributed by atoms with Crippen molar-refractivity contribution in [3.05, 3.63) is 29.3 Å². The molecule has 5 heteroatoms. The number of amides is 2. The number of para-hydroxylation sites is 1. The Morgan fingerprint density at radius 1 is 1.04 bits per heavy atom. The Kier molecular flexibility index (Phi) is 5.30. The maximum absolute atomic E-state index is 12.8. The third-order valence-electron chi connectivity index (χ3n) is 5.39. The van der Waals surface area contributed by atoms with Gasteiger partial charge >= 0.3 is 0 Å². The van der Waals surface area contributed by atoms with Crippen LogP contribution in [-0.4, -0.2) is 53.4 Å². The summed E-state index contributed by atoms with van der Waals surface area (Å²) in [6.07, 6.45) is 3.54. The van der Waals surface area contributed by atoms with Crippen LogP contribution in [0.4, 0.5) is 0 Å². The van der Waals surface area contributed by atoms with Crippen molar-refractivity contribution in [2.45, 2.75) is 58.6 Å². The van der Waals surface area contributed by atoms with Gasteiger partial charge in [-0.05, 0) is 37.8 Å². The van der Waals surface area contributed by atoms with E-state index in [0.29, 0.717) is 19.6 Å². The maximum atomic E-state index is 12.8. The molecule has 0 N–H and O–H groups in total. The lowest BCUT2D eigenvalue weighted by Crippen LogP contribution is -2.50. The molecule has 2 amide bonds. The van der Waals surface area contributed by atoms with E-state index in [1.165, 1.54) is 0 Å². The lowest BCUT2D eigenvalue weighted by Gasteiger charge is -2.35. The van der Waals surface area contributed by atoms with Crippen LogP contribution in [0.3, 0.4) is 0 Å². The van der Waals surface area contributed by atoms with E-state index in [4.69, 9.17) is 4.74 Å². The molecule has 5 nitrogen and oxygen atoms in total. The first-order chi connectivity index (χ1) is 12.0. The molecule has 0 bridgehead atoms. The summed E-state index contributed by atoms with van der Waals surface area (Å²) < 4.78 is 6.23. The van der Waals surface area contributed by atoms with Crippen LogP contribution in [0.2, 0.25) is 0 Å². The zero-order chi connectivity index (χ0) is 18.0. The van der Waals surface area contributed by atoms with Crippen LogP contribution in [0.15, 0.2) is 18.2 Å². The summed E-state index contributed by atoms with van der Waals surface area (Å²) >= 11 is 0. The molecule has 1 aromatic rings. The van der Waals surface area contributed by atoms with Gasteiger partial charge in [0, 0.05) is 39.4 Å². The van der Waals surface area contributed by atoms with Gasteiger partial charge < -0.3 is 14.5 Å². The number of carbonyl (C=O) groups excluding carboxylic acids is 2. The molecule has 25 heavy (non-hydrogen) atoms. The summed E-state index contributed by atoms with van der Waals surface area (Å²) in [4.78, 5) is 28.1. The average molecular weight is 344 g/mol. The average Bonchev–Trinajstić information content (AvgIpc) is 3.08. The largest absolute Gasteiger partial charge is 0.490 e. The summed E-state index contributed by atoms with van der Waals surface area (Å²) in [5.41, 5.74) is 2.31. The van der Waals surface area contributed by atoms with Crippen molar-refractivity contribution in [3.8, 4) is 5.75 Å². The van der Waals surface area contributed by atoms with E-state index >= 15 is 0 Å². The van der Waals surface area contributed by atoms with Crippen molar-refractivity contribution in [1.82, 2.24) is 9.80 Å². The lowest BCUT2D eigenvalue weighted by molar-refractivity contribution is -0.144. The number of ether oxygens (including phenoxy) is 1. The third kappa shape index (κ3) is 3.80. The SMILES string of the molecule is CC(=O)N1CCC[C@@H]1C(=O)N1CCC(Oc2c(C)cccc2C)CC1. The predicted octanol–water partition coefficient (Wildman–Crippen LogP) is 2.68. The van der Waals surface area contributed by atoms with E-state index in [9.17, 15) is 9.59 Å². The van der Waals surface area contributed by atoms with Crippen molar-refractivity contribution in [2.24, 2.45) is 0 Å². The summed E-state index contributed by atoms with van der Waals surface area (Å²) in [6, 6.07) is 5.92. The number of aryl methyl sites for hydroxylation is 2. The van der Waals surface area contributed by atoms with E-state index < -0.39 is 0 Å². The summed E-state index contributed by atoms with van der Waals surface area (Å²) in [5, 5.41) is 0. The number of piperidine rings is 1. The Morgan fingerprint density at radius 2 is 1.68 bits per heavy atom. The van der Waals surface area contributed by atoms with Crippen LogP contribution in [0, 0.1) is 13.8 Å².